The molecule has 29 heavy (non-hydrogen) atoms. The van der Waals surface area contributed by atoms with Crippen molar-refractivity contribution in [1.82, 2.24) is 14.9 Å². The number of aromatic nitrogens is 2. The third kappa shape index (κ3) is 4.51. The zero-order chi connectivity index (χ0) is 20.2. The Kier molecular flexibility index (Phi) is 5.67. The molecular weight excluding hydrogens is 373 g/mol. The number of aromatic amines is 1. The quantitative estimate of drug-likeness (QED) is 0.696. The fraction of sp³-hybridized carbons (Fsp3) is 0.318. The Bertz CT molecular complexity index is 1080. The highest BCUT2D eigenvalue weighted by Gasteiger charge is 2.24. The molecule has 2 aromatic carbocycles. The lowest BCUT2D eigenvalue weighted by Crippen LogP contribution is -2.38. The summed E-state index contributed by atoms with van der Waals surface area (Å²) in [5, 5.41) is 0.500. The molecule has 4 rings (SSSR count). The van der Waals surface area contributed by atoms with Crippen LogP contribution in [-0.4, -0.2) is 40.0 Å². The molecule has 7 heteroatoms. The smallest absolute Gasteiger partial charge is 0.258 e. The third-order valence-electron chi connectivity index (χ3n) is 5.10. The average molecular weight is 395 g/mol. The van der Waals surface area contributed by atoms with Crippen molar-refractivity contribution in [3.8, 4) is 0 Å². The largest absolute Gasteiger partial charge is 0.376 e. The van der Waals surface area contributed by atoms with Crippen LogP contribution < -0.4 is 5.56 Å². The predicted octanol–water partition coefficient (Wildman–Crippen LogP) is 2.81. The van der Waals surface area contributed by atoms with Crippen LogP contribution in [0, 0.1) is 5.82 Å². The Balaban J connectivity index is 1.59. The van der Waals surface area contributed by atoms with Crippen LogP contribution in [0.3, 0.4) is 0 Å². The van der Waals surface area contributed by atoms with Crippen LogP contribution in [-0.2, 0) is 22.5 Å². The zero-order valence-electron chi connectivity index (χ0n) is 15.9. The van der Waals surface area contributed by atoms with Crippen LogP contribution in [0.25, 0.3) is 10.9 Å². The first-order valence-electron chi connectivity index (χ1n) is 9.71. The highest BCUT2D eigenvalue weighted by Crippen LogP contribution is 2.17. The van der Waals surface area contributed by atoms with E-state index in [1.54, 1.807) is 41.3 Å². The van der Waals surface area contributed by atoms with Gasteiger partial charge in [0.1, 0.15) is 11.6 Å². The van der Waals surface area contributed by atoms with E-state index in [9.17, 15) is 14.0 Å². The number of hydrogen-bond donors (Lipinski definition) is 1. The molecule has 1 amide bonds. The topological polar surface area (TPSA) is 75.3 Å². The summed E-state index contributed by atoms with van der Waals surface area (Å²) in [6, 6.07) is 13.3. The van der Waals surface area contributed by atoms with Gasteiger partial charge in [-0.3, -0.25) is 9.59 Å². The zero-order valence-corrected chi connectivity index (χ0v) is 15.9. The van der Waals surface area contributed by atoms with Crippen molar-refractivity contribution in [3.05, 3.63) is 76.1 Å². The van der Waals surface area contributed by atoms with Crippen LogP contribution in [0.15, 0.2) is 53.3 Å². The Labute approximate surface area is 167 Å². The number of carbonyl (C=O) groups excluding carboxylic acids is 1. The number of hydrogen-bond acceptors (Lipinski definition) is 4. The van der Waals surface area contributed by atoms with E-state index in [4.69, 9.17) is 4.74 Å². The molecule has 1 aliphatic heterocycles. The Hall–Kier alpha value is -3.06. The predicted molar refractivity (Wildman–Crippen MR) is 107 cm³/mol. The highest BCUT2D eigenvalue weighted by molar-refractivity contribution is 5.79. The number of fused-ring (bicyclic) bond motifs is 1. The van der Waals surface area contributed by atoms with Crippen molar-refractivity contribution < 1.29 is 13.9 Å². The molecule has 0 saturated carbocycles. The van der Waals surface area contributed by atoms with Gasteiger partial charge in [-0.2, -0.15) is 0 Å². The van der Waals surface area contributed by atoms with E-state index >= 15 is 0 Å². The molecule has 1 atom stereocenters. The van der Waals surface area contributed by atoms with Gasteiger partial charge in [0.05, 0.1) is 30.0 Å². The monoisotopic (exact) mass is 395 g/mol. The van der Waals surface area contributed by atoms with E-state index in [-0.39, 0.29) is 30.5 Å². The third-order valence-corrected chi connectivity index (χ3v) is 5.10. The van der Waals surface area contributed by atoms with Crippen LogP contribution in [0.5, 0.6) is 0 Å². The number of H-pyrrole nitrogens is 1. The minimum Gasteiger partial charge on any atom is -0.376 e. The molecule has 1 aliphatic rings. The maximum absolute atomic E-state index is 14.0. The number of nitrogens with zero attached hydrogens (tertiary/aromatic N) is 2. The maximum Gasteiger partial charge on any atom is 0.258 e. The number of rotatable bonds is 6. The summed E-state index contributed by atoms with van der Waals surface area (Å²) in [4.78, 5) is 34.2. The SMILES string of the molecule is O=C(Cc1ccccc1F)N(Cc1nc2ccccc2c(=O)[nH]1)C[C@@H]1CCCO1. The van der Waals surface area contributed by atoms with Gasteiger partial charge in [0.25, 0.3) is 5.56 Å². The molecular formula is C22H22FN3O3. The van der Waals surface area contributed by atoms with Gasteiger partial charge in [-0.1, -0.05) is 30.3 Å². The maximum atomic E-state index is 14.0. The van der Waals surface area contributed by atoms with E-state index in [2.05, 4.69) is 9.97 Å². The number of para-hydroxylation sites is 1. The normalized spacial score (nSPS) is 16.2. The van der Waals surface area contributed by atoms with E-state index in [1.807, 2.05) is 6.07 Å². The second kappa shape index (κ2) is 8.53. The van der Waals surface area contributed by atoms with E-state index in [1.165, 1.54) is 6.07 Å². The van der Waals surface area contributed by atoms with Gasteiger partial charge < -0.3 is 14.6 Å². The van der Waals surface area contributed by atoms with Gasteiger partial charge in [0, 0.05) is 13.2 Å². The molecule has 6 nitrogen and oxygen atoms in total. The highest BCUT2D eigenvalue weighted by atomic mass is 19.1. The van der Waals surface area contributed by atoms with Crippen molar-refractivity contribution in [2.24, 2.45) is 0 Å². The van der Waals surface area contributed by atoms with E-state index in [0.717, 1.165) is 12.8 Å². The number of amides is 1. The summed E-state index contributed by atoms with van der Waals surface area (Å²) in [6.45, 7) is 1.18. The fourth-order valence-corrected chi connectivity index (χ4v) is 3.60. The molecule has 1 N–H and O–H groups in total. The summed E-state index contributed by atoms with van der Waals surface area (Å²) in [6.07, 6.45) is 1.69. The minimum absolute atomic E-state index is 0.0583. The van der Waals surface area contributed by atoms with Crippen molar-refractivity contribution in [3.63, 3.8) is 0 Å². The summed E-state index contributed by atoms with van der Waals surface area (Å²) < 4.78 is 19.7. The Morgan fingerprint density at radius 1 is 1.21 bits per heavy atom. The molecule has 0 radical (unpaired) electrons. The summed E-state index contributed by atoms with van der Waals surface area (Å²) in [5.74, 6) is -0.245. The van der Waals surface area contributed by atoms with Crippen LogP contribution in [0.4, 0.5) is 4.39 Å². The van der Waals surface area contributed by atoms with Gasteiger partial charge in [-0.25, -0.2) is 9.37 Å². The number of ether oxygens (including phenoxy) is 1. The summed E-state index contributed by atoms with van der Waals surface area (Å²) >= 11 is 0. The van der Waals surface area contributed by atoms with Gasteiger partial charge >= 0.3 is 0 Å². The Morgan fingerprint density at radius 2 is 2.00 bits per heavy atom. The summed E-state index contributed by atoms with van der Waals surface area (Å²) in [5.41, 5.74) is 0.670. The van der Waals surface area contributed by atoms with Crippen LogP contribution in [0.2, 0.25) is 0 Å². The number of halogens is 1. The molecule has 1 fully saturated rings. The van der Waals surface area contributed by atoms with Crippen molar-refractivity contribution >= 4 is 16.8 Å². The first-order chi connectivity index (χ1) is 14.1. The van der Waals surface area contributed by atoms with E-state index < -0.39 is 5.82 Å². The number of carbonyl (C=O) groups is 1. The van der Waals surface area contributed by atoms with Gasteiger partial charge in [0.15, 0.2) is 0 Å². The molecule has 2 heterocycles. The molecule has 0 bridgehead atoms. The molecule has 0 unspecified atom stereocenters. The second-order valence-electron chi connectivity index (χ2n) is 7.21. The number of benzene rings is 2. The van der Waals surface area contributed by atoms with Crippen molar-refractivity contribution in [2.75, 3.05) is 13.2 Å². The number of nitrogens with one attached hydrogen (secondary N) is 1. The van der Waals surface area contributed by atoms with Gasteiger partial charge in [0.2, 0.25) is 5.91 Å². The van der Waals surface area contributed by atoms with Crippen LogP contribution >= 0.6 is 0 Å². The first kappa shape index (κ1) is 19.3. The minimum atomic E-state index is -0.407. The fourth-order valence-electron chi connectivity index (χ4n) is 3.60. The lowest BCUT2D eigenvalue weighted by Gasteiger charge is -2.25. The average Bonchev–Trinajstić information content (AvgIpc) is 3.22. The molecule has 1 aromatic heterocycles. The lowest BCUT2D eigenvalue weighted by molar-refractivity contribution is -0.132. The molecule has 1 saturated heterocycles. The van der Waals surface area contributed by atoms with Crippen molar-refractivity contribution in [2.45, 2.75) is 31.9 Å². The summed E-state index contributed by atoms with van der Waals surface area (Å²) in [7, 11) is 0. The molecule has 3 aromatic rings. The van der Waals surface area contributed by atoms with Crippen LogP contribution in [0.1, 0.15) is 24.2 Å². The van der Waals surface area contributed by atoms with Gasteiger partial charge in [-0.15, -0.1) is 0 Å². The lowest BCUT2D eigenvalue weighted by atomic mass is 10.1. The molecule has 0 aliphatic carbocycles. The van der Waals surface area contributed by atoms with E-state index in [0.29, 0.717) is 35.4 Å². The first-order valence-corrected chi connectivity index (χ1v) is 9.71. The van der Waals surface area contributed by atoms with Gasteiger partial charge in [-0.05, 0) is 36.6 Å². The molecule has 150 valence electrons. The second-order valence-corrected chi connectivity index (χ2v) is 7.21. The Morgan fingerprint density at radius 3 is 2.79 bits per heavy atom. The van der Waals surface area contributed by atoms with Crippen molar-refractivity contribution in [1.29, 1.82) is 0 Å². The molecule has 0 spiro atoms. The standard InChI is InChI=1S/C22H22FN3O3/c23-18-9-3-1-6-15(18)12-21(27)26(13-16-7-5-11-29-16)14-20-24-19-10-4-2-8-17(19)22(28)25-20/h1-4,6,8-10,16H,5,7,11-14H2,(H,24,25,28)/t16-/m0/s1.